The van der Waals surface area contributed by atoms with Gasteiger partial charge in [-0.25, -0.2) is 4.79 Å². The molecule has 2 atom stereocenters. The third-order valence-corrected chi connectivity index (χ3v) is 3.16. The highest BCUT2D eigenvalue weighted by Gasteiger charge is 2.22. The van der Waals surface area contributed by atoms with Crippen LogP contribution in [-0.2, 0) is 4.74 Å². The number of nitrogens with two attached hydrogens (primary N) is 1. The molecule has 1 rings (SSSR count). The molecule has 0 aromatic carbocycles. The molecular weight excluding hydrogens is 216 g/mol. The Balaban J connectivity index is 2.23. The van der Waals surface area contributed by atoms with Gasteiger partial charge in [0, 0.05) is 6.54 Å². The first kappa shape index (κ1) is 14.3. The molecule has 1 fully saturated rings. The standard InChI is InChI=1S/C13H26N2O2/c1-13(2,3)17-12(16)15-9-11-6-4-5-10(7-11)8-14/h10-11H,4-9,14H2,1-3H3,(H,15,16)/t10-,11?/m1/s1. The van der Waals surface area contributed by atoms with Crippen LogP contribution in [0.4, 0.5) is 4.79 Å². The fraction of sp³-hybridized carbons (Fsp3) is 0.923. The molecule has 1 unspecified atom stereocenters. The quantitative estimate of drug-likeness (QED) is 0.798. The molecule has 1 saturated carbocycles. The number of rotatable bonds is 3. The van der Waals surface area contributed by atoms with Crippen LogP contribution in [0.1, 0.15) is 46.5 Å². The van der Waals surface area contributed by atoms with Crippen molar-refractivity contribution in [2.75, 3.05) is 13.1 Å². The molecule has 1 amide bonds. The third kappa shape index (κ3) is 5.91. The van der Waals surface area contributed by atoms with Gasteiger partial charge in [0.15, 0.2) is 0 Å². The fourth-order valence-electron chi connectivity index (χ4n) is 2.34. The van der Waals surface area contributed by atoms with E-state index >= 15 is 0 Å². The summed E-state index contributed by atoms with van der Waals surface area (Å²) >= 11 is 0. The number of alkyl carbamates (subject to hydrolysis) is 1. The molecule has 3 N–H and O–H groups in total. The van der Waals surface area contributed by atoms with E-state index in [0.717, 1.165) is 13.0 Å². The van der Waals surface area contributed by atoms with Crippen molar-refractivity contribution in [1.29, 1.82) is 0 Å². The van der Waals surface area contributed by atoms with Crippen molar-refractivity contribution in [3.05, 3.63) is 0 Å². The number of carbonyl (C=O) groups is 1. The van der Waals surface area contributed by atoms with E-state index in [-0.39, 0.29) is 6.09 Å². The molecule has 0 aromatic heterocycles. The minimum absolute atomic E-state index is 0.313. The van der Waals surface area contributed by atoms with E-state index in [1.807, 2.05) is 20.8 Å². The van der Waals surface area contributed by atoms with E-state index in [4.69, 9.17) is 10.5 Å². The van der Waals surface area contributed by atoms with E-state index in [1.54, 1.807) is 0 Å². The topological polar surface area (TPSA) is 64.3 Å². The van der Waals surface area contributed by atoms with Crippen LogP contribution in [0.25, 0.3) is 0 Å². The minimum atomic E-state index is -0.420. The van der Waals surface area contributed by atoms with Crippen LogP contribution in [0.5, 0.6) is 0 Å². The van der Waals surface area contributed by atoms with Crippen molar-refractivity contribution < 1.29 is 9.53 Å². The highest BCUT2D eigenvalue weighted by atomic mass is 16.6. The lowest BCUT2D eigenvalue weighted by atomic mass is 9.81. The van der Waals surface area contributed by atoms with Gasteiger partial charge in [0.1, 0.15) is 5.60 Å². The van der Waals surface area contributed by atoms with Gasteiger partial charge in [-0.3, -0.25) is 0 Å². The zero-order valence-corrected chi connectivity index (χ0v) is 11.3. The molecule has 0 aromatic rings. The van der Waals surface area contributed by atoms with Gasteiger partial charge in [-0.2, -0.15) is 0 Å². The van der Waals surface area contributed by atoms with Gasteiger partial charge in [0.05, 0.1) is 0 Å². The van der Waals surface area contributed by atoms with Crippen molar-refractivity contribution in [2.24, 2.45) is 17.6 Å². The smallest absolute Gasteiger partial charge is 0.407 e. The molecule has 100 valence electrons. The maximum Gasteiger partial charge on any atom is 0.407 e. The van der Waals surface area contributed by atoms with Crippen molar-refractivity contribution in [3.8, 4) is 0 Å². The van der Waals surface area contributed by atoms with Crippen LogP contribution >= 0.6 is 0 Å². The van der Waals surface area contributed by atoms with E-state index in [0.29, 0.717) is 18.4 Å². The van der Waals surface area contributed by atoms with Gasteiger partial charge < -0.3 is 15.8 Å². The number of nitrogens with one attached hydrogen (secondary N) is 1. The predicted molar refractivity (Wildman–Crippen MR) is 68.7 cm³/mol. The third-order valence-electron chi connectivity index (χ3n) is 3.16. The van der Waals surface area contributed by atoms with Crippen molar-refractivity contribution in [1.82, 2.24) is 5.32 Å². The molecule has 1 aliphatic carbocycles. The molecule has 0 heterocycles. The highest BCUT2D eigenvalue weighted by Crippen LogP contribution is 2.27. The van der Waals surface area contributed by atoms with E-state index < -0.39 is 5.60 Å². The lowest BCUT2D eigenvalue weighted by molar-refractivity contribution is 0.0512. The maximum atomic E-state index is 11.5. The highest BCUT2D eigenvalue weighted by molar-refractivity contribution is 5.67. The van der Waals surface area contributed by atoms with Gasteiger partial charge >= 0.3 is 6.09 Å². The summed E-state index contributed by atoms with van der Waals surface area (Å²) in [4.78, 5) is 11.5. The summed E-state index contributed by atoms with van der Waals surface area (Å²) in [6.07, 6.45) is 4.47. The minimum Gasteiger partial charge on any atom is -0.444 e. The Morgan fingerprint density at radius 2 is 2.00 bits per heavy atom. The Bertz CT molecular complexity index is 248. The number of amides is 1. The van der Waals surface area contributed by atoms with Crippen LogP contribution in [0.2, 0.25) is 0 Å². The Morgan fingerprint density at radius 3 is 2.59 bits per heavy atom. The van der Waals surface area contributed by atoms with Crippen LogP contribution in [-0.4, -0.2) is 24.8 Å². The Hall–Kier alpha value is -0.770. The average molecular weight is 242 g/mol. The normalized spacial score (nSPS) is 25.4. The molecule has 0 spiro atoms. The van der Waals surface area contributed by atoms with E-state index in [9.17, 15) is 4.79 Å². The first-order valence-electron chi connectivity index (χ1n) is 6.57. The molecule has 1 aliphatic rings. The zero-order chi connectivity index (χ0) is 12.9. The summed E-state index contributed by atoms with van der Waals surface area (Å²) in [6, 6.07) is 0. The molecule has 4 nitrogen and oxygen atoms in total. The van der Waals surface area contributed by atoms with Crippen LogP contribution in [0, 0.1) is 11.8 Å². The zero-order valence-electron chi connectivity index (χ0n) is 11.3. The summed E-state index contributed by atoms with van der Waals surface area (Å²) in [5, 5.41) is 2.85. The van der Waals surface area contributed by atoms with Crippen molar-refractivity contribution >= 4 is 6.09 Å². The molecule has 0 radical (unpaired) electrons. The summed E-state index contributed by atoms with van der Waals surface area (Å²) in [5.74, 6) is 1.19. The van der Waals surface area contributed by atoms with Gasteiger partial charge in [-0.1, -0.05) is 6.42 Å². The van der Waals surface area contributed by atoms with Gasteiger partial charge in [-0.15, -0.1) is 0 Å². The molecule has 0 saturated heterocycles. The Labute approximate surface area is 104 Å². The second-order valence-corrected chi connectivity index (χ2v) is 6.02. The first-order chi connectivity index (χ1) is 7.90. The average Bonchev–Trinajstić information content (AvgIpc) is 2.24. The summed E-state index contributed by atoms with van der Waals surface area (Å²) in [5.41, 5.74) is 5.27. The fourth-order valence-corrected chi connectivity index (χ4v) is 2.34. The number of hydrogen-bond donors (Lipinski definition) is 2. The Morgan fingerprint density at radius 1 is 1.35 bits per heavy atom. The molecular formula is C13H26N2O2. The molecule has 0 bridgehead atoms. The van der Waals surface area contributed by atoms with Gasteiger partial charge in [0.25, 0.3) is 0 Å². The van der Waals surface area contributed by atoms with Crippen molar-refractivity contribution in [3.63, 3.8) is 0 Å². The summed E-state index contributed by atoms with van der Waals surface area (Å²) in [6.45, 7) is 7.10. The number of ether oxygens (including phenoxy) is 1. The van der Waals surface area contributed by atoms with Crippen molar-refractivity contribution in [2.45, 2.75) is 52.1 Å². The maximum absolute atomic E-state index is 11.5. The lowest BCUT2D eigenvalue weighted by Crippen LogP contribution is -2.37. The molecule has 4 heteroatoms. The predicted octanol–water partition coefficient (Wildman–Crippen LogP) is 2.28. The number of carbonyl (C=O) groups excluding carboxylic acids is 1. The second kappa shape index (κ2) is 6.24. The van der Waals surface area contributed by atoms with Gasteiger partial charge in [0.2, 0.25) is 0 Å². The van der Waals surface area contributed by atoms with Crippen LogP contribution < -0.4 is 11.1 Å². The number of hydrogen-bond acceptors (Lipinski definition) is 3. The Kier molecular flexibility index (Phi) is 5.25. The lowest BCUT2D eigenvalue weighted by Gasteiger charge is -2.28. The summed E-state index contributed by atoms with van der Waals surface area (Å²) in [7, 11) is 0. The SMILES string of the molecule is CC(C)(C)OC(=O)NCC1CCC[C@@H](CN)C1. The second-order valence-electron chi connectivity index (χ2n) is 6.02. The summed E-state index contributed by atoms with van der Waals surface area (Å²) < 4.78 is 5.21. The monoisotopic (exact) mass is 242 g/mol. The molecule has 17 heavy (non-hydrogen) atoms. The first-order valence-corrected chi connectivity index (χ1v) is 6.57. The largest absolute Gasteiger partial charge is 0.444 e. The van der Waals surface area contributed by atoms with Gasteiger partial charge in [-0.05, 0) is 58.4 Å². The van der Waals surface area contributed by atoms with E-state index in [1.165, 1.54) is 19.3 Å². The van der Waals surface area contributed by atoms with Crippen LogP contribution in [0.15, 0.2) is 0 Å². The van der Waals surface area contributed by atoms with E-state index in [2.05, 4.69) is 5.32 Å². The van der Waals surface area contributed by atoms with Crippen LogP contribution in [0.3, 0.4) is 0 Å². The molecule has 0 aliphatic heterocycles.